The minimum Gasteiger partial charge on any atom is -0.384 e. The van der Waals surface area contributed by atoms with Crippen molar-refractivity contribution in [1.29, 1.82) is 0 Å². The number of benzene rings is 1. The number of nitrogens with one attached hydrogen (secondary N) is 3. The predicted molar refractivity (Wildman–Crippen MR) is 115 cm³/mol. The number of hydrogen-bond donors (Lipinski definition) is 3. The zero-order valence-corrected chi connectivity index (χ0v) is 17.2. The normalized spacial score (nSPS) is 18.4. The highest BCUT2D eigenvalue weighted by atomic mass is 35.5. The van der Waals surface area contributed by atoms with Crippen molar-refractivity contribution in [3.05, 3.63) is 82.6 Å². The number of amides is 2. The van der Waals surface area contributed by atoms with Crippen molar-refractivity contribution < 1.29 is 4.79 Å². The average Bonchev–Trinajstić information content (AvgIpc) is 3.05. The zero-order valence-electron chi connectivity index (χ0n) is 16.4. The van der Waals surface area contributed by atoms with Gasteiger partial charge in [0.15, 0.2) is 0 Å². The topological polar surface area (TPSA) is 71.0 Å². The second kappa shape index (κ2) is 8.17. The van der Waals surface area contributed by atoms with Crippen LogP contribution in [-0.2, 0) is 13.5 Å². The molecule has 0 saturated carbocycles. The van der Waals surface area contributed by atoms with Crippen molar-refractivity contribution in [2.45, 2.75) is 25.4 Å². The van der Waals surface area contributed by atoms with E-state index in [1.807, 2.05) is 42.9 Å². The molecular formula is C22H24ClN5O. The number of nitrogens with zero attached hydrogens (tertiary/aromatic N) is 2. The maximum absolute atomic E-state index is 12.5. The summed E-state index contributed by atoms with van der Waals surface area (Å²) in [6.07, 6.45) is 12.6. The molecule has 150 valence electrons. The summed E-state index contributed by atoms with van der Waals surface area (Å²) >= 11 is 6.38. The van der Waals surface area contributed by atoms with Crippen molar-refractivity contribution in [2.24, 2.45) is 7.05 Å². The Kier molecular flexibility index (Phi) is 5.45. The molecule has 1 aliphatic heterocycles. The quantitative estimate of drug-likeness (QED) is 0.723. The molecule has 2 heterocycles. The number of dihydropyridines is 1. The Labute approximate surface area is 175 Å². The van der Waals surface area contributed by atoms with E-state index in [1.165, 1.54) is 11.1 Å². The van der Waals surface area contributed by atoms with Gasteiger partial charge in [-0.15, -0.1) is 0 Å². The third kappa shape index (κ3) is 3.93. The molecule has 2 aliphatic rings. The lowest BCUT2D eigenvalue weighted by atomic mass is 9.92. The SMILES string of the molecule is CCNC(=O)NC(C1=CC2=CC=CNC2Cc2ccc(Cl)cc21)c1cncn1C. The molecule has 1 aromatic carbocycles. The summed E-state index contributed by atoms with van der Waals surface area (Å²) in [7, 11) is 1.93. The van der Waals surface area contributed by atoms with Gasteiger partial charge in [0.25, 0.3) is 0 Å². The highest BCUT2D eigenvalue weighted by Gasteiger charge is 2.29. The Morgan fingerprint density at radius 3 is 3.07 bits per heavy atom. The van der Waals surface area contributed by atoms with Crippen LogP contribution >= 0.6 is 11.6 Å². The lowest BCUT2D eigenvalue weighted by Crippen LogP contribution is -2.39. The van der Waals surface area contributed by atoms with E-state index in [9.17, 15) is 4.79 Å². The van der Waals surface area contributed by atoms with E-state index >= 15 is 0 Å². The monoisotopic (exact) mass is 409 g/mol. The standard InChI is InChI=1S/C22H24ClN5O/c1-3-25-22(29)27-21(20-12-24-13-28(20)2)18-9-15-5-4-8-26-19(15)10-14-6-7-16(23)11-17(14)18/h4-9,11-13,19,21,26H,3,10H2,1-2H3,(H2,25,27,29). The van der Waals surface area contributed by atoms with Crippen molar-refractivity contribution in [3.63, 3.8) is 0 Å². The molecule has 0 saturated heterocycles. The van der Waals surface area contributed by atoms with Gasteiger partial charge in [0, 0.05) is 18.6 Å². The fraction of sp³-hybridized carbons (Fsp3) is 0.273. The lowest BCUT2D eigenvalue weighted by Gasteiger charge is -2.24. The van der Waals surface area contributed by atoms with Crippen LogP contribution in [0.3, 0.4) is 0 Å². The molecule has 2 amide bonds. The largest absolute Gasteiger partial charge is 0.384 e. The molecule has 29 heavy (non-hydrogen) atoms. The molecule has 6 nitrogen and oxygen atoms in total. The van der Waals surface area contributed by atoms with Crippen molar-refractivity contribution in [3.8, 4) is 0 Å². The first kappa shape index (κ1) is 19.3. The van der Waals surface area contributed by atoms with Crippen molar-refractivity contribution in [1.82, 2.24) is 25.5 Å². The maximum Gasteiger partial charge on any atom is 0.315 e. The molecular weight excluding hydrogens is 386 g/mol. The van der Waals surface area contributed by atoms with E-state index in [2.05, 4.69) is 39.2 Å². The first-order valence-corrected chi connectivity index (χ1v) is 10.1. The van der Waals surface area contributed by atoms with Crippen molar-refractivity contribution >= 4 is 23.2 Å². The summed E-state index contributed by atoms with van der Waals surface area (Å²) in [6, 6.07) is 5.55. The minimum absolute atomic E-state index is 0.175. The molecule has 4 rings (SSSR count). The van der Waals surface area contributed by atoms with Crippen LogP contribution in [0, 0.1) is 0 Å². The number of fused-ring (bicyclic) bond motifs is 2. The Bertz CT molecular complexity index is 1020. The lowest BCUT2D eigenvalue weighted by molar-refractivity contribution is 0.239. The third-order valence-corrected chi connectivity index (χ3v) is 5.52. The number of carbonyl (C=O) groups excluding carboxylic acids is 1. The van der Waals surface area contributed by atoms with Crippen LogP contribution in [0.1, 0.15) is 29.8 Å². The summed E-state index contributed by atoms with van der Waals surface area (Å²) in [6.45, 7) is 2.45. The van der Waals surface area contributed by atoms with E-state index in [1.54, 1.807) is 12.5 Å². The first-order valence-electron chi connectivity index (χ1n) is 9.70. The van der Waals surface area contributed by atoms with Gasteiger partial charge in [0.05, 0.1) is 30.3 Å². The molecule has 0 radical (unpaired) electrons. The van der Waals surface area contributed by atoms with E-state index in [0.29, 0.717) is 11.6 Å². The summed E-state index contributed by atoms with van der Waals surface area (Å²) < 4.78 is 1.93. The minimum atomic E-state index is -0.378. The van der Waals surface area contributed by atoms with Gasteiger partial charge in [-0.2, -0.15) is 0 Å². The Morgan fingerprint density at radius 1 is 1.45 bits per heavy atom. The zero-order chi connectivity index (χ0) is 20.4. The summed E-state index contributed by atoms with van der Waals surface area (Å²) in [4.78, 5) is 16.8. The van der Waals surface area contributed by atoms with Gasteiger partial charge in [0.1, 0.15) is 0 Å². The van der Waals surface area contributed by atoms with Crippen LogP contribution in [-0.4, -0.2) is 28.2 Å². The van der Waals surface area contributed by atoms with Gasteiger partial charge < -0.3 is 20.5 Å². The number of hydrogen-bond acceptors (Lipinski definition) is 3. The second-order valence-corrected chi connectivity index (χ2v) is 7.65. The van der Waals surface area contributed by atoms with Crippen LogP contribution in [0.2, 0.25) is 5.02 Å². The van der Waals surface area contributed by atoms with E-state index < -0.39 is 0 Å². The van der Waals surface area contributed by atoms with E-state index in [0.717, 1.165) is 23.3 Å². The van der Waals surface area contributed by atoms with E-state index in [-0.39, 0.29) is 18.1 Å². The molecule has 2 atom stereocenters. The van der Waals surface area contributed by atoms with Gasteiger partial charge in [-0.25, -0.2) is 9.78 Å². The fourth-order valence-electron chi connectivity index (χ4n) is 3.88. The molecule has 0 bridgehead atoms. The number of imidazole rings is 1. The average molecular weight is 410 g/mol. The number of halogens is 1. The Morgan fingerprint density at radius 2 is 2.31 bits per heavy atom. The van der Waals surface area contributed by atoms with Gasteiger partial charge >= 0.3 is 6.03 Å². The van der Waals surface area contributed by atoms with Crippen LogP contribution < -0.4 is 16.0 Å². The van der Waals surface area contributed by atoms with Crippen LogP contribution in [0.4, 0.5) is 4.79 Å². The number of allylic oxidation sites excluding steroid dienone is 2. The molecule has 1 aromatic heterocycles. The Balaban J connectivity index is 1.88. The third-order valence-electron chi connectivity index (χ3n) is 5.29. The number of carbonyl (C=O) groups is 1. The molecule has 3 N–H and O–H groups in total. The maximum atomic E-state index is 12.5. The number of urea groups is 1. The van der Waals surface area contributed by atoms with Gasteiger partial charge in [-0.3, -0.25) is 0 Å². The molecule has 7 heteroatoms. The van der Waals surface area contributed by atoms with Crippen LogP contribution in [0.15, 0.2) is 60.7 Å². The van der Waals surface area contributed by atoms with Crippen LogP contribution in [0.25, 0.3) is 5.57 Å². The summed E-state index contributed by atoms with van der Waals surface area (Å²) in [5.41, 5.74) is 5.27. The smallest absolute Gasteiger partial charge is 0.315 e. The molecule has 2 aromatic rings. The fourth-order valence-corrected chi connectivity index (χ4v) is 4.05. The number of aryl methyl sites for hydroxylation is 1. The summed E-state index contributed by atoms with van der Waals surface area (Å²) in [5, 5.41) is 10.1. The van der Waals surface area contributed by atoms with Crippen LogP contribution in [0.5, 0.6) is 0 Å². The summed E-state index contributed by atoms with van der Waals surface area (Å²) in [5.74, 6) is 0. The molecule has 2 unspecified atom stereocenters. The number of aromatic nitrogens is 2. The first-order chi connectivity index (χ1) is 14.1. The predicted octanol–water partition coefficient (Wildman–Crippen LogP) is 3.49. The van der Waals surface area contributed by atoms with E-state index in [4.69, 9.17) is 11.6 Å². The Hall–Kier alpha value is -2.99. The van der Waals surface area contributed by atoms with Crippen molar-refractivity contribution in [2.75, 3.05) is 6.54 Å². The second-order valence-electron chi connectivity index (χ2n) is 7.22. The number of rotatable bonds is 4. The molecule has 1 aliphatic carbocycles. The van der Waals surface area contributed by atoms with Gasteiger partial charge in [0.2, 0.25) is 0 Å². The highest BCUT2D eigenvalue weighted by molar-refractivity contribution is 6.30. The van der Waals surface area contributed by atoms with Gasteiger partial charge in [-0.1, -0.05) is 29.8 Å². The highest BCUT2D eigenvalue weighted by Crippen LogP contribution is 2.38. The van der Waals surface area contributed by atoms with Gasteiger partial charge in [-0.05, 0) is 60.0 Å². The molecule has 0 fully saturated rings. The molecule has 0 spiro atoms.